The average molecular weight is 165 g/mol. The lowest BCUT2D eigenvalue weighted by molar-refractivity contribution is 0.0911. The Morgan fingerprint density at radius 2 is 2.33 bits per heavy atom. The van der Waals surface area contributed by atoms with Gasteiger partial charge < -0.3 is 15.6 Å². The molecular weight excluding hydrogens is 154 g/mol. The molecule has 3 heteroatoms. The summed E-state index contributed by atoms with van der Waals surface area (Å²) in [5.41, 5.74) is 7.59. The summed E-state index contributed by atoms with van der Waals surface area (Å²) in [6.07, 6.45) is 0. The summed E-state index contributed by atoms with van der Waals surface area (Å²) in [6, 6.07) is 5.20. The molecular formula is C9H11NO2. The van der Waals surface area contributed by atoms with Crippen LogP contribution in [0.2, 0.25) is 0 Å². The minimum absolute atomic E-state index is 0.185. The van der Waals surface area contributed by atoms with E-state index in [1.807, 2.05) is 6.07 Å². The summed E-state index contributed by atoms with van der Waals surface area (Å²) in [5, 5.41) is 9.49. The largest absolute Gasteiger partial charge is 0.508 e. The highest BCUT2D eigenvalue weighted by molar-refractivity contribution is 5.42. The molecule has 0 bridgehead atoms. The molecule has 1 heterocycles. The van der Waals surface area contributed by atoms with Gasteiger partial charge in [-0.3, -0.25) is 0 Å². The van der Waals surface area contributed by atoms with Crippen molar-refractivity contribution in [3.8, 4) is 5.75 Å². The van der Waals surface area contributed by atoms with Crippen LogP contribution in [-0.2, 0) is 11.3 Å². The standard InChI is InChI=1S/C9H11NO2/c10-7-5-12-4-6-2-1-3-8(11)9(6)7/h1-3,7,11H,4-5,10H2/t7-/m1/s1. The zero-order valence-electron chi connectivity index (χ0n) is 6.66. The summed E-state index contributed by atoms with van der Waals surface area (Å²) >= 11 is 0. The van der Waals surface area contributed by atoms with Crippen LogP contribution in [0, 0.1) is 0 Å². The SMILES string of the molecule is N[C@@H]1COCc2cccc(O)c21. The van der Waals surface area contributed by atoms with Crippen molar-refractivity contribution in [3.63, 3.8) is 0 Å². The molecule has 0 spiro atoms. The fourth-order valence-electron chi connectivity index (χ4n) is 1.53. The molecule has 0 saturated carbocycles. The lowest BCUT2D eigenvalue weighted by atomic mass is 9.99. The van der Waals surface area contributed by atoms with Gasteiger partial charge in [0.15, 0.2) is 0 Å². The van der Waals surface area contributed by atoms with Gasteiger partial charge in [0.25, 0.3) is 0 Å². The topological polar surface area (TPSA) is 55.5 Å². The van der Waals surface area contributed by atoms with Crippen molar-refractivity contribution < 1.29 is 9.84 Å². The molecule has 1 aromatic carbocycles. The number of hydrogen-bond acceptors (Lipinski definition) is 3. The fraction of sp³-hybridized carbons (Fsp3) is 0.333. The number of ether oxygens (including phenoxy) is 1. The number of rotatable bonds is 0. The van der Waals surface area contributed by atoms with Crippen LogP contribution in [0.15, 0.2) is 18.2 Å². The van der Waals surface area contributed by atoms with E-state index in [2.05, 4.69) is 0 Å². The summed E-state index contributed by atoms with van der Waals surface area (Å²) in [5.74, 6) is 0.281. The Balaban J connectivity index is 2.53. The van der Waals surface area contributed by atoms with E-state index >= 15 is 0 Å². The highest BCUT2D eigenvalue weighted by atomic mass is 16.5. The number of hydrogen-bond donors (Lipinski definition) is 2. The maximum atomic E-state index is 9.49. The van der Waals surface area contributed by atoms with Crippen LogP contribution in [0.4, 0.5) is 0 Å². The van der Waals surface area contributed by atoms with E-state index in [1.54, 1.807) is 12.1 Å². The van der Waals surface area contributed by atoms with Gasteiger partial charge in [0.1, 0.15) is 5.75 Å². The van der Waals surface area contributed by atoms with Crippen LogP contribution in [-0.4, -0.2) is 11.7 Å². The Morgan fingerprint density at radius 1 is 1.50 bits per heavy atom. The van der Waals surface area contributed by atoms with Crippen molar-refractivity contribution in [2.45, 2.75) is 12.6 Å². The second kappa shape index (κ2) is 2.77. The van der Waals surface area contributed by atoms with Gasteiger partial charge in [-0.05, 0) is 11.6 Å². The quantitative estimate of drug-likeness (QED) is 0.601. The Hall–Kier alpha value is -1.06. The van der Waals surface area contributed by atoms with Gasteiger partial charge in [-0.2, -0.15) is 0 Å². The Kier molecular flexibility index (Phi) is 1.75. The molecule has 1 atom stereocenters. The lowest BCUT2D eigenvalue weighted by Crippen LogP contribution is -2.23. The molecule has 0 radical (unpaired) electrons. The van der Waals surface area contributed by atoms with Gasteiger partial charge in [-0.15, -0.1) is 0 Å². The lowest BCUT2D eigenvalue weighted by Gasteiger charge is -2.23. The van der Waals surface area contributed by atoms with Gasteiger partial charge in [0.2, 0.25) is 0 Å². The molecule has 1 aromatic rings. The number of phenolic OH excluding ortho intramolecular Hbond substituents is 1. The van der Waals surface area contributed by atoms with E-state index in [9.17, 15) is 5.11 Å². The van der Waals surface area contributed by atoms with Gasteiger partial charge >= 0.3 is 0 Å². The van der Waals surface area contributed by atoms with Crippen LogP contribution in [0.1, 0.15) is 17.2 Å². The van der Waals surface area contributed by atoms with Crippen LogP contribution in [0.25, 0.3) is 0 Å². The van der Waals surface area contributed by atoms with Crippen molar-refractivity contribution in [2.75, 3.05) is 6.61 Å². The van der Waals surface area contributed by atoms with Crippen molar-refractivity contribution in [1.82, 2.24) is 0 Å². The maximum absolute atomic E-state index is 9.49. The number of nitrogens with two attached hydrogens (primary N) is 1. The Bertz CT molecular complexity index is 299. The predicted molar refractivity (Wildman–Crippen MR) is 44.7 cm³/mol. The van der Waals surface area contributed by atoms with E-state index < -0.39 is 0 Å². The van der Waals surface area contributed by atoms with Crippen LogP contribution >= 0.6 is 0 Å². The van der Waals surface area contributed by atoms with E-state index in [0.717, 1.165) is 11.1 Å². The molecule has 64 valence electrons. The smallest absolute Gasteiger partial charge is 0.120 e. The third-order valence-corrected chi connectivity index (χ3v) is 2.10. The highest BCUT2D eigenvalue weighted by Crippen LogP contribution is 2.30. The number of benzene rings is 1. The van der Waals surface area contributed by atoms with E-state index in [0.29, 0.717) is 13.2 Å². The first-order valence-corrected chi connectivity index (χ1v) is 3.93. The first kappa shape index (κ1) is 7.58. The van der Waals surface area contributed by atoms with Crippen LogP contribution < -0.4 is 5.73 Å². The number of aromatic hydroxyl groups is 1. The van der Waals surface area contributed by atoms with Gasteiger partial charge in [0, 0.05) is 5.56 Å². The Labute approximate surface area is 70.8 Å². The molecule has 0 unspecified atom stereocenters. The normalized spacial score (nSPS) is 21.9. The molecule has 1 aliphatic heterocycles. The third kappa shape index (κ3) is 1.07. The minimum Gasteiger partial charge on any atom is -0.508 e. The molecule has 1 aliphatic rings. The second-order valence-electron chi connectivity index (χ2n) is 2.97. The fourth-order valence-corrected chi connectivity index (χ4v) is 1.53. The third-order valence-electron chi connectivity index (χ3n) is 2.10. The highest BCUT2D eigenvalue weighted by Gasteiger charge is 2.19. The second-order valence-corrected chi connectivity index (χ2v) is 2.97. The first-order valence-electron chi connectivity index (χ1n) is 3.93. The summed E-state index contributed by atoms with van der Waals surface area (Å²) < 4.78 is 5.23. The predicted octanol–water partition coefficient (Wildman–Crippen LogP) is 0.922. The molecule has 2 rings (SSSR count). The van der Waals surface area contributed by atoms with E-state index in [4.69, 9.17) is 10.5 Å². The van der Waals surface area contributed by atoms with Crippen molar-refractivity contribution in [3.05, 3.63) is 29.3 Å². The van der Waals surface area contributed by atoms with Gasteiger partial charge in [-0.25, -0.2) is 0 Å². The number of fused-ring (bicyclic) bond motifs is 1. The first-order chi connectivity index (χ1) is 5.79. The summed E-state index contributed by atoms with van der Waals surface area (Å²) in [7, 11) is 0. The zero-order chi connectivity index (χ0) is 8.55. The van der Waals surface area contributed by atoms with E-state index in [1.165, 1.54) is 0 Å². The summed E-state index contributed by atoms with van der Waals surface area (Å²) in [6.45, 7) is 1.04. The van der Waals surface area contributed by atoms with Crippen LogP contribution in [0.5, 0.6) is 5.75 Å². The maximum Gasteiger partial charge on any atom is 0.120 e. The molecule has 0 aliphatic carbocycles. The molecule has 12 heavy (non-hydrogen) atoms. The van der Waals surface area contributed by atoms with Crippen molar-refractivity contribution in [2.24, 2.45) is 5.73 Å². The Morgan fingerprint density at radius 3 is 3.08 bits per heavy atom. The average Bonchev–Trinajstić information content (AvgIpc) is 2.04. The molecule has 3 N–H and O–H groups in total. The number of phenols is 1. The zero-order valence-corrected chi connectivity index (χ0v) is 6.66. The van der Waals surface area contributed by atoms with Crippen molar-refractivity contribution in [1.29, 1.82) is 0 Å². The molecule has 0 saturated heterocycles. The van der Waals surface area contributed by atoms with Gasteiger partial charge in [0.05, 0.1) is 19.3 Å². The summed E-state index contributed by atoms with van der Waals surface area (Å²) in [4.78, 5) is 0. The van der Waals surface area contributed by atoms with Crippen molar-refractivity contribution >= 4 is 0 Å². The van der Waals surface area contributed by atoms with Crippen LogP contribution in [0.3, 0.4) is 0 Å². The molecule has 0 amide bonds. The van der Waals surface area contributed by atoms with E-state index in [-0.39, 0.29) is 11.8 Å². The molecule has 0 fully saturated rings. The minimum atomic E-state index is -0.185. The molecule has 3 nitrogen and oxygen atoms in total. The molecule has 0 aromatic heterocycles. The monoisotopic (exact) mass is 165 g/mol. The van der Waals surface area contributed by atoms with Gasteiger partial charge in [-0.1, -0.05) is 12.1 Å².